The molecule has 0 aromatic rings. The fourth-order valence-electron chi connectivity index (χ4n) is 1.76. The molecule has 0 amide bonds. The lowest BCUT2D eigenvalue weighted by atomic mass is 9.93. The smallest absolute Gasteiger partial charge is 0.401 e. The summed E-state index contributed by atoms with van der Waals surface area (Å²) < 4.78 is 41.9. The Balaban J connectivity index is 4.65. The van der Waals surface area contributed by atoms with E-state index in [0.29, 0.717) is 0 Å². The number of alkyl halides is 3. The van der Waals surface area contributed by atoms with Gasteiger partial charge in [0.25, 0.3) is 0 Å². The summed E-state index contributed by atoms with van der Waals surface area (Å²) in [5, 5.41) is 2.83. The molecule has 0 aliphatic rings. The number of nitrogens with one attached hydrogen (secondary N) is 1. The van der Waals surface area contributed by atoms with Crippen LogP contribution in [-0.4, -0.2) is 55.9 Å². The van der Waals surface area contributed by atoms with Gasteiger partial charge in [-0.25, -0.2) is 0 Å². The molecule has 0 fully saturated rings. The van der Waals surface area contributed by atoms with Crippen molar-refractivity contribution in [2.45, 2.75) is 44.9 Å². The zero-order valence-electron chi connectivity index (χ0n) is 12.1. The van der Waals surface area contributed by atoms with Gasteiger partial charge in [0.2, 0.25) is 0 Å². The molecule has 0 spiro atoms. The van der Waals surface area contributed by atoms with E-state index in [4.69, 9.17) is 4.74 Å². The van der Waals surface area contributed by atoms with Gasteiger partial charge < -0.3 is 10.1 Å². The van der Waals surface area contributed by atoms with Gasteiger partial charge >= 0.3 is 12.1 Å². The highest BCUT2D eigenvalue weighted by molar-refractivity contribution is 5.80. The van der Waals surface area contributed by atoms with E-state index in [1.165, 1.54) is 11.9 Å². The molecule has 0 bridgehead atoms. The highest BCUT2D eigenvalue weighted by atomic mass is 19.4. The third-order valence-electron chi connectivity index (χ3n) is 3.16. The fraction of sp³-hybridized carbons (Fsp3) is 0.917. The first-order valence-electron chi connectivity index (χ1n) is 6.19. The van der Waals surface area contributed by atoms with E-state index < -0.39 is 30.3 Å². The van der Waals surface area contributed by atoms with E-state index in [0.717, 1.165) is 0 Å². The second-order valence-electron chi connectivity index (χ2n) is 4.89. The molecule has 0 radical (unpaired) electrons. The lowest BCUT2D eigenvalue weighted by molar-refractivity contribution is -0.153. The van der Waals surface area contributed by atoms with Crippen LogP contribution in [-0.2, 0) is 9.53 Å². The number of hydrogen-bond acceptors (Lipinski definition) is 4. The number of halogens is 3. The Hall–Kier alpha value is -0.820. The molecule has 4 nitrogen and oxygen atoms in total. The average molecular weight is 284 g/mol. The molecule has 0 heterocycles. The third-order valence-corrected chi connectivity index (χ3v) is 3.16. The number of esters is 1. The predicted molar refractivity (Wildman–Crippen MR) is 66.9 cm³/mol. The summed E-state index contributed by atoms with van der Waals surface area (Å²) in [6.07, 6.45) is -4.02. The SMILES string of the molecule is CCOC(=O)C(C)(CC(C)N(C)CC(F)(F)F)NC. The molecule has 19 heavy (non-hydrogen) atoms. The number of nitrogens with zero attached hydrogens (tertiary/aromatic N) is 1. The van der Waals surface area contributed by atoms with Crippen molar-refractivity contribution in [2.75, 3.05) is 27.2 Å². The average Bonchev–Trinajstić information content (AvgIpc) is 2.26. The van der Waals surface area contributed by atoms with Gasteiger partial charge in [0.1, 0.15) is 5.54 Å². The van der Waals surface area contributed by atoms with Gasteiger partial charge in [-0.1, -0.05) is 0 Å². The molecule has 0 aromatic carbocycles. The summed E-state index contributed by atoms with van der Waals surface area (Å²) in [6.45, 7) is 4.20. The van der Waals surface area contributed by atoms with E-state index >= 15 is 0 Å². The molecule has 0 aliphatic heterocycles. The largest absolute Gasteiger partial charge is 0.465 e. The molecule has 0 rings (SSSR count). The van der Waals surface area contributed by atoms with Crippen LogP contribution in [0.2, 0.25) is 0 Å². The minimum atomic E-state index is -4.25. The quantitative estimate of drug-likeness (QED) is 0.724. The Morgan fingerprint density at radius 3 is 2.32 bits per heavy atom. The van der Waals surface area contributed by atoms with Gasteiger partial charge in [0.05, 0.1) is 13.2 Å². The molecule has 7 heteroatoms. The minimum absolute atomic E-state index is 0.231. The lowest BCUT2D eigenvalue weighted by Gasteiger charge is -2.33. The van der Waals surface area contributed by atoms with Crippen molar-refractivity contribution >= 4 is 5.97 Å². The van der Waals surface area contributed by atoms with Crippen molar-refractivity contribution < 1.29 is 22.7 Å². The highest BCUT2D eigenvalue weighted by Gasteiger charge is 2.37. The number of carbonyl (C=O) groups is 1. The van der Waals surface area contributed by atoms with Crippen LogP contribution in [0.25, 0.3) is 0 Å². The molecular formula is C12H23F3N2O2. The van der Waals surface area contributed by atoms with Crippen molar-refractivity contribution in [3.05, 3.63) is 0 Å². The number of ether oxygens (including phenoxy) is 1. The third kappa shape index (κ3) is 6.24. The monoisotopic (exact) mass is 284 g/mol. The van der Waals surface area contributed by atoms with E-state index in [1.54, 1.807) is 27.8 Å². The number of carbonyl (C=O) groups excluding carboxylic acids is 1. The van der Waals surface area contributed by atoms with Crippen LogP contribution in [0.4, 0.5) is 13.2 Å². The minimum Gasteiger partial charge on any atom is -0.465 e. The van der Waals surface area contributed by atoms with Gasteiger partial charge in [-0.15, -0.1) is 0 Å². The lowest BCUT2D eigenvalue weighted by Crippen LogP contribution is -2.53. The molecule has 1 N–H and O–H groups in total. The Morgan fingerprint density at radius 2 is 1.95 bits per heavy atom. The molecule has 2 unspecified atom stereocenters. The summed E-state index contributed by atoms with van der Waals surface area (Å²) in [7, 11) is 2.98. The predicted octanol–water partition coefficient (Wildman–Crippen LogP) is 1.80. The van der Waals surface area contributed by atoms with Crippen LogP contribution in [0, 0.1) is 0 Å². The second kappa shape index (κ2) is 7.09. The summed E-state index contributed by atoms with van der Waals surface area (Å²) >= 11 is 0. The van der Waals surface area contributed by atoms with E-state index in [-0.39, 0.29) is 13.0 Å². The number of hydrogen-bond donors (Lipinski definition) is 1. The van der Waals surface area contributed by atoms with Crippen molar-refractivity contribution in [3.63, 3.8) is 0 Å². The molecule has 0 aromatic heterocycles. The molecule has 0 saturated carbocycles. The topological polar surface area (TPSA) is 41.6 Å². The van der Waals surface area contributed by atoms with Crippen LogP contribution in [0.3, 0.4) is 0 Å². The van der Waals surface area contributed by atoms with Gasteiger partial charge in [-0.3, -0.25) is 9.69 Å². The van der Waals surface area contributed by atoms with Crippen molar-refractivity contribution in [3.8, 4) is 0 Å². The van der Waals surface area contributed by atoms with Gasteiger partial charge in [-0.05, 0) is 41.3 Å². The standard InChI is InChI=1S/C12H23F3N2O2/c1-6-19-10(18)11(3,16-4)7-9(2)17(5)8-12(13,14)15/h9,16H,6-8H2,1-5H3. The number of rotatable bonds is 7. The Labute approximate surface area is 112 Å². The van der Waals surface area contributed by atoms with Gasteiger partial charge in [0, 0.05) is 6.04 Å². The maximum Gasteiger partial charge on any atom is 0.401 e. The zero-order chi connectivity index (χ0) is 15.3. The first kappa shape index (κ1) is 18.2. The van der Waals surface area contributed by atoms with Crippen molar-refractivity contribution in [1.29, 1.82) is 0 Å². The van der Waals surface area contributed by atoms with E-state index in [2.05, 4.69) is 5.32 Å². The van der Waals surface area contributed by atoms with Gasteiger partial charge in [0.15, 0.2) is 0 Å². The van der Waals surface area contributed by atoms with Gasteiger partial charge in [-0.2, -0.15) is 13.2 Å². The van der Waals surface area contributed by atoms with Crippen molar-refractivity contribution in [1.82, 2.24) is 10.2 Å². The van der Waals surface area contributed by atoms with Crippen LogP contribution in [0.15, 0.2) is 0 Å². The van der Waals surface area contributed by atoms with Crippen LogP contribution < -0.4 is 5.32 Å². The van der Waals surface area contributed by atoms with Crippen LogP contribution in [0.5, 0.6) is 0 Å². The molecule has 114 valence electrons. The summed E-state index contributed by atoms with van der Waals surface area (Å²) in [5.74, 6) is -0.454. The first-order valence-corrected chi connectivity index (χ1v) is 6.19. The maximum atomic E-state index is 12.3. The van der Waals surface area contributed by atoms with Crippen molar-refractivity contribution in [2.24, 2.45) is 0 Å². The zero-order valence-corrected chi connectivity index (χ0v) is 12.1. The number of likely N-dealkylation sites (N-methyl/N-ethyl adjacent to an activating group) is 1. The molecule has 0 aliphatic carbocycles. The summed E-state index contributed by atoms with van der Waals surface area (Å²) in [4.78, 5) is 13.0. The van der Waals surface area contributed by atoms with E-state index in [9.17, 15) is 18.0 Å². The molecule has 0 saturated heterocycles. The summed E-state index contributed by atoms with van der Waals surface area (Å²) in [6, 6.07) is -0.413. The fourth-order valence-corrected chi connectivity index (χ4v) is 1.76. The van der Waals surface area contributed by atoms with Crippen LogP contribution in [0.1, 0.15) is 27.2 Å². The molecular weight excluding hydrogens is 261 g/mol. The first-order chi connectivity index (χ1) is 8.55. The Kier molecular flexibility index (Phi) is 6.79. The highest BCUT2D eigenvalue weighted by Crippen LogP contribution is 2.21. The van der Waals surface area contributed by atoms with E-state index in [1.807, 2.05) is 0 Å². The second-order valence-corrected chi connectivity index (χ2v) is 4.89. The normalized spacial score (nSPS) is 17.1. The van der Waals surface area contributed by atoms with Crippen LogP contribution >= 0.6 is 0 Å². The molecule has 2 atom stereocenters. The Morgan fingerprint density at radius 1 is 1.42 bits per heavy atom. The maximum absolute atomic E-state index is 12.3. The Bertz CT molecular complexity index is 297. The summed E-state index contributed by atoms with van der Waals surface area (Å²) in [5.41, 5.74) is -0.991.